The zero-order valence-corrected chi connectivity index (χ0v) is 15.3. The third-order valence-electron chi connectivity index (χ3n) is 4.87. The van der Waals surface area contributed by atoms with Crippen molar-refractivity contribution in [3.05, 3.63) is 95.3 Å². The minimum atomic E-state index is -0.585. The third kappa shape index (κ3) is 3.27. The van der Waals surface area contributed by atoms with Crippen LogP contribution in [0.15, 0.2) is 72.8 Å². The van der Waals surface area contributed by atoms with Crippen LogP contribution in [0.2, 0.25) is 0 Å². The first kappa shape index (κ1) is 17.9. The molecule has 0 aromatic heterocycles. The number of benzene rings is 3. The summed E-state index contributed by atoms with van der Waals surface area (Å²) in [6, 6.07) is 19.8. The normalized spacial score (nSPS) is 15.9. The summed E-state index contributed by atoms with van der Waals surface area (Å²) in [5.41, 5.74) is 2.11. The van der Waals surface area contributed by atoms with Crippen LogP contribution < -0.4 is 9.64 Å². The Hall–Kier alpha value is -3.47. The van der Waals surface area contributed by atoms with E-state index < -0.39 is 12.1 Å². The first-order valence-corrected chi connectivity index (χ1v) is 8.99. The van der Waals surface area contributed by atoms with Crippen LogP contribution in [0, 0.1) is 12.7 Å². The molecule has 3 aromatic rings. The molecule has 1 unspecified atom stereocenters. The van der Waals surface area contributed by atoms with Gasteiger partial charge in [-0.1, -0.05) is 42.5 Å². The molecule has 0 spiro atoms. The van der Waals surface area contributed by atoms with Gasteiger partial charge < -0.3 is 4.74 Å². The largest absolute Gasteiger partial charge is 0.420 e. The quantitative estimate of drug-likeness (QED) is 0.597. The summed E-state index contributed by atoms with van der Waals surface area (Å²) in [6.07, 6.45) is -0.482. The van der Waals surface area contributed by atoms with Crippen LogP contribution in [0.1, 0.15) is 33.9 Å². The topological polar surface area (TPSA) is 46.6 Å². The maximum atomic E-state index is 13.8. The van der Waals surface area contributed by atoms with Gasteiger partial charge in [0.25, 0.3) is 0 Å². The van der Waals surface area contributed by atoms with Crippen LogP contribution in [0.4, 0.5) is 14.9 Å². The molecule has 0 fully saturated rings. The predicted molar refractivity (Wildman–Crippen MR) is 104 cm³/mol. The first-order valence-electron chi connectivity index (χ1n) is 8.99. The maximum absolute atomic E-state index is 13.8. The number of fused-ring (bicyclic) bond motifs is 1. The second-order valence-corrected chi connectivity index (χ2v) is 6.72. The van der Waals surface area contributed by atoms with E-state index in [-0.39, 0.29) is 18.0 Å². The van der Waals surface area contributed by atoms with Crippen molar-refractivity contribution >= 4 is 17.6 Å². The average molecular weight is 375 g/mol. The van der Waals surface area contributed by atoms with Gasteiger partial charge >= 0.3 is 6.09 Å². The van der Waals surface area contributed by atoms with E-state index in [0.29, 0.717) is 28.1 Å². The number of amides is 1. The zero-order chi connectivity index (χ0) is 19.7. The van der Waals surface area contributed by atoms with Crippen LogP contribution in [0.25, 0.3) is 0 Å². The molecular formula is C23H18FNO3. The van der Waals surface area contributed by atoms with Crippen LogP contribution in [0.5, 0.6) is 5.75 Å². The van der Waals surface area contributed by atoms with Crippen molar-refractivity contribution in [3.63, 3.8) is 0 Å². The van der Waals surface area contributed by atoms with Gasteiger partial charge in [-0.3, -0.25) is 9.69 Å². The number of para-hydroxylation sites is 2. The Bertz CT molecular complexity index is 1050. The highest BCUT2D eigenvalue weighted by Gasteiger charge is 2.37. The predicted octanol–water partition coefficient (Wildman–Crippen LogP) is 5.47. The number of hydrogen-bond acceptors (Lipinski definition) is 3. The summed E-state index contributed by atoms with van der Waals surface area (Å²) >= 11 is 0. The Labute approximate surface area is 162 Å². The molecule has 1 heterocycles. The number of hydrogen-bond donors (Lipinski definition) is 0. The summed E-state index contributed by atoms with van der Waals surface area (Å²) in [7, 11) is 0. The molecule has 0 saturated carbocycles. The number of aryl methyl sites for hydroxylation is 1. The number of anilines is 1. The molecule has 140 valence electrons. The van der Waals surface area contributed by atoms with Gasteiger partial charge in [-0.25, -0.2) is 9.18 Å². The fourth-order valence-corrected chi connectivity index (χ4v) is 3.47. The molecule has 0 aliphatic carbocycles. The lowest BCUT2D eigenvalue weighted by molar-refractivity contribution is 0.0966. The van der Waals surface area contributed by atoms with E-state index in [2.05, 4.69) is 0 Å². The van der Waals surface area contributed by atoms with Crippen LogP contribution in [-0.2, 0) is 0 Å². The Morgan fingerprint density at radius 1 is 1.04 bits per heavy atom. The number of carbonyl (C=O) groups excluding carboxylic acids is 2. The number of nitrogens with zero attached hydrogens (tertiary/aromatic N) is 1. The SMILES string of the molecule is Cc1cc(C2CC(=O)c3ccccc3N2C(=O)Oc2ccccc2)ccc1F. The molecular weight excluding hydrogens is 357 g/mol. The molecule has 0 radical (unpaired) electrons. The molecule has 4 rings (SSSR count). The lowest BCUT2D eigenvalue weighted by Gasteiger charge is -2.36. The molecule has 3 aromatic carbocycles. The van der Waals surface area contributed by atoms with Crippen molar-refractivity contribution in [2.75, 3.05) is 4.90 Å². The molecule has 1 aliphatic heterocycles. The molecule has 0 bridgehead atoms. The van der Waals surface area contributed by atoms with Crippen molar-refractivity contribution in [2.45, 2.75) is 19.4 Å². The Balaban J connectivity index is 1.78. The lowest BCUT2D eigenvalue weighted by atomic mass is 9.90. The smallest absolute Gasteiger partial charge is 0.410 e. The summed E-state index contributed by atoms with van der Waals surface area (Å²) in [5.74, 6) is 0.0203. The van der Waals surface area contributed by atoms with Crippen LogP contribution in [-0.4, -0.2) is 11.9 Å². The number of Topliss-reactive ketones (excluding diaryl/α,β-unsaturated/α-hetero) is 1. The van der Waals surface area contributed by atoms with Crippen LogP contribution in [0.3, 0.4) is 0 Å². The van der Waals surface area contributed by atoms with Gasteiger partial charge in [-0.15, -0.1) is 0 Å². The Morgan fingerprint density at radius 2 is 1.75 bits per heavy atom. The van der Waals surface area contributed by atoms with Crippen LogP contribution >= 0.6 is 0 Å². The molecule has 5 heteroatoms. The molecule has 1 amide bonds. The fourth-order valence-electron chi connectivity index (χ4n) is 3.47. The highest BCUT2D eigenvalue weighted by Crippen LogP contribution is 2.39. The molecule has 4 nitrogen and oxygen atoms in total. The van der Waals surface area contributed by atoms with E-state index in [1.165, 1.54) is 11.0 Å². The monoisotopic (exact) mass is 375 g/mol. The van der Waals surface area contributed by atoms with Crippen molar-refractivity contribution in [2.24, 2.45) is 0 Å². The average Bonchev–Trinajstić information content (AvgIpc) is 2.70. The van der Waals surface area contributed by atoms with E-state index in [0.717, 1.165) is 0 Å². The fraction of sp³-hybridized carbons (Fsp3) is 0.130. The van der Waals surface area contributed by atoms with E-state index in [1.807, 2.05) is 6.07 Å². The summed E-state index contributed by atoms with van der Waals surface area (Å²) in [5, 5.41) is 0. The summed E-state index contributed by atoms with van der Waals surface area (Å²) in [6.45, 7) is 1.66. The van der Waals surface area contributed by atoms with Gasteiger partial charge in [0.05, 0.1) is 11.7 Å². The van der Waals surface area contributed by atoms with Crippen molar-refractivity contribution in [1.82, 2.24) is 0 Å². The van der Waals surface area contributed by atoms with E-state index in [9.17, 15) is 14.0 Å². The second kappa shape index (κ2) is 7.27. The minimum Gasteiger partial charge on any atom is -0.410 e. The van der Waals surface area contributed by atoms with Crippen molar-refractivity contribution in [3.8, 4) is 5.75 Å². The van der Waals surface area contributed by atoms with Gasteiger partial charge in [0.1, 0.15) is 11.6 Å². The Morgan fingerprint density at radius 3 is 2.50 bits per heavy atom. The standard InChI is InChI=1S/C23H18FNO3/c1-15-13-16(11-12-19(15)24)21-14-22(26)18-9-5-6-10-20(18)25(21)23(27)28-17-7-3-2-4-8-17/h2-13,21H,14H2,1H3. The zero-order valence-electron chi connectivity index (χ0n) is 15.3. The Kier molecular flexibility index (Phi) is 4.65. The van der Waals surface area contributed by atoms with Gasteiger partial charge in [-0.05, 0) is 48.4 Å². The van der Waals surface area contributed by atoms with Crippen molar-refractivity contribution in [1.29, 1.82) is 0 Å². The third-order valence-corrected chi connectivity index (χ3v) is 4.87. The molecule has 28 heavy (non-hydrogen) atoms. The minimum absolute atomic E-state index is 0.0636. The van der Waals surface area contributed by atoms with Crippen molar-refractivity contribution < 1.29 is 18.7 Å². The van der Waals surface area contributed by atoms with Gasteiger partial charge in [0, 0.05) is 12.0 Å². The number of halogens is 1. The van der Waals surface area contributed by atoms with Gasteiger partial charge in [0.2, 0.25) is 0 Å². The lowest BCUT2D eigenvalue weighted by Crippen LogP contribution is -2.42. The maximum Gasteiger partial charge on any atom is 0.420 e. The molecule has 1 atom stereocenters. The molecule has 0 N–H and O–H groups in total. The molecule has 0 saturated heterocycles. The van der Waals surface area contributed by atoms with E-state index in [1.54, 1.807) is 67.6 Å². The summed E-state index contributed by atoms with van der Waals surface area (Å²) < 4.78 is 19.3. The number of ether oxygens (including phenoxy) is 1. The molecule has 1 aliphatic rings. The highest BCUT2D eigenvalue weighted by molar-refractivity contribution is 6.08. The van der Waals surface area contributed by atoms with Gasteiger partial charge in [-0.2, -0.15) is 0 Å². The number of rotatable bonds is 2. The van der Waals surface area contributed by atoms with E-state index in [4.69, 9.17) is 4.74 Å². The summed E-state index contributed by atoms with van der Waals surface area (Å²) in [4.78, 5) is 27.3. The first-order chi connectivity index (χ1) is 13.5. The van der Waals surface area contributed by atoms with E-state index >= 15 is 0 Å². The highest BCUT2D eigenvalue weighted by atomic mass is 19.1. The second-order valence-electron chi connectivity index (χ2n) is 6.72. The number of carbonyl (C=O) groups is 2. The number of ketones is 1. The van der Waals surface area contributed by atoms with Gasteiger partial charge in [0.15, 0.2) is 5.78 Å².